The van der Waals surface area contributed by atoms with Crippen LogP contribution in [0.15, 0.2) is 35.1 Å². The molecule has 2 aromatic heterocycles. The van der Waals surface area contributed by atoms with Crippen molar-refractivity contribution in [2.45, 2.75) is 37.3 Å². The van der Waals surface area contributed by atoms with Crippen molar-refractivity contribution in [3.05, 3.63) is 52.0 Å². The van der Waals surface area contributed by atoms with Crippen LogP contribution in [0.25, 0.3) is 11.0 Å². The molecule has 4 heterocycles. The van der Waals surface area contributed by atoms with Gasteiger partial charge < -0.3 is 9.80 Å². The third-order valence-corrected chi connectivity index (χ3v) is 7.74. The molecule has 2 aliphatic heterocycles. The molecule has 2 aliphatic rings. The Kier molecular flexibility index (Phi) is 6.29. The zero-order valence-electron chi connectivity index (χ0n) is 19.2. The largest absolute Gasteiger partial charge is 0.389 e. The van der Waals surface area contributed by atoms with Gasteiger partial charge in [0.1, 0.15) is 5.82 Å². The van der Waals surface area contributed by atoms with E-state index in [4.69, 9.17) is 0 Å². The normalized spacial score (nSPS) is 17.1. The summed E-state index contributed by atoms with van der Waals surface area (Å²) in [6.07, 6.45) is -3.24. The maximum Gasteiger partial charge on any atom is 0.389 e. The van der Waals surface area contributed by atoms with E-state index in [0.717, 1.165) is 11.0 Å². The maximum atomic E-state index is 14.6. The van der Waals surface area contributed by atoms with Crippen molar-refractivity contribution in [3.8, 4) is 0 Å². The first-order valence-electron chi connectivity index (χ1n) is 11.5. The fourth-order valence-electron chi connectivity index (χ4n) is 5.08. The van der Waals surface area contributed by atoms with Gasteiger partial charge in [0, 0.05) is 42.3 Å². The number of benzene rings is 1. The first-order chi connectivity index (χ1) is 17.5. The average molecular weight is 582 g/mol. The Morgan fingerprint density at radius 2 is 1.89 bits per heavy atom. The molecule has 8 nitrogen and oxygen atoms in total. The molecule has 0 aliphatic carbocycles. The quantitative estimate of drug-likeness (QED) is 0.453. The van der Waals surface area contributed by atoms with Crippen LogP contribution in [0.2, 0.25) is 0 Å². The molecular formula is C24H20BrF4N5O3. The molecule has 3 aromatic rings. The van der Waals surface area contributed by atoms with E-state index in [1.807, 2.05) is 0 Å². The highest BCUT2D eigenvalue weighted by atomic mass is 79.9. The van der Waals surface area contributed by atoms with Crippen LogP contribution in [0.3, 0.4) is 0 Å². The number of Topliss-reactive ketones (excluding diaryl/α,β-unsaturated/α-hetero) is 1. The molecule has 1 saturated heterocycles. The number of pyridine rings is 1. The van der Waals surface area contributed by atoms with E-state index >= 15 is 0 Å². The van der Waals surface area contributed by atoms with Gasteiger partial charge in [0.15, 0.2) is 11.4 Å². The van der Waals surface area contributed by atoms with E-state index in [9.17, 15) is 31.9 Å². The summed E-state index contributed by atoms with van der Waals surface area (Å²) < 4.78 is 52.4. The standard InChI is InChI=1S/C24H20BrF4N5O3/c25-19-16(26)1-2-17-18(19)23(22(37)34(17)12-15(35)3-4-24(27,28)29)5-7-33(8-6-23)21(36)14-9-13-11-31-32-20(13)30-10-14/h1-2,9-11H,3-8,12H2,(H,30,31,32). The summed E-state index contributed by atoms with van der Waals surface area (Å²) in [4.78, 5) is 46.1. The average Bonchev–Trinajstić information content (AvgIpc) is 3.42. The van der Waals surface area contributed by atoms with E-state index in [1.165, 1.54) is 12.3 Å². The number of carbonyl (C=O) groups excluding carboxylic acids is 3. The van der Waals surface area contributed by atoms with Gasteiger partial charge in [-0.2, -0.15) is 18.3 Å². The van der Waals surface area contributed by atoms with Crippen molar-refractivity contribution < 1.29 is 31.9 Å². The molecular weight excluding hydrogens is 562 g/mol. The number of rotatable bonds is 5. The number of likely N-dealkylation sites (tertiary alicyclic amines) is 1. The number of nitrogens with zero attached hydrogens (tertiary/aromatic N) is 4. The van der Waals surface area contributed by atoms with Crippen LogP contribution >= 0.6 is 15.9 Å². The maximum absolute atomic E-state index is 14.6. The molecule has 37 heavy (non-hydrogen) atoms. The van der Waals surface area contributed by atoms with E-state index in [1.54, 1.807) is 17.2 Å². The molecule has 0 radical (unpaired) electrons. The number of amides is 2. The van der Waals surface area contributed by atoms with Crippen LogP contribution in [0, 0.1) is 5.82 Å². The molecule has 0 unspecified atom stereocenters. The Hall–Kier alpha value is -3.35. The van der Waals surface area contributed by atoms with E-state index < -0.39 is 48.5 Å². The summed E-state index contributed by atoms with van der Waals surface area (Å²) in [5.74, 6) is -2.12. The van der Waals surface area contributed by atoms with Crippen LogP contribution in [0.5, 0.6) is 0 Å². The minimum Gasteiger partial charge on any atom is -0.339 e. The van der Waals surface area contributed by atoms with Crippen LogP contribution in [0.1, 0.15) is 41.6 Å². The highest BCUT2D eigenvalue weighted by Gasteiger charge is 2.54. The number of fused-ring (bicyclic) bond motifs is 3. The second-order valence-electron chi connectivity index (χ2n) is 9.21. The number of H-pyrrole nitrogens is 1. The number of alkyl halides is 3. The van der Waals surface area contributed by atoms with E-state index in [-0.39, 0.29) is 42.0 Å². The van der Waals surface area contributed by atoms with Crippen LogP contribution < -0.4 is 4.90 Å². The van der Waals surface area contributed by atoms with Gasteiger partial charge in [0.25, 0.3) is 5.91 Å². The number of halogens is 5. The summed E-state index contributed by atoms with van der Waals surface area (Å²) in [5.41, 5.74) is 0.318. The monoisotopic (exact) mass is 581 g/mol. The van der Waals surface area contributed by atoms with Gasteiger partial charge in [-0.15, -0.1) is 0 Å². The van der Waals surface area contributed by atoms with Gasteiger partial charge >= 0.3 is 6.18 Å². The zero-order valence-corrected chi connectivity index (χ0v) is 20.8. The Bertz CT molecular complexity index is 1420. The second-order valence-corrected chi connectivity index (χ2v) is 10.00. The highest BCUT2D eigenvalue weighted by Crippen LogP contribution is 2.51. The molecule has 13 heteroatoms. The van der Waals surface area contributed by atoms with Crippen LogP contribution in [-0.2, 0) is 15.0 Å². The molecule has 1 aromatic carbocycles. The van der Waals surface area contributed by atoms with Gasteiger partial charge in [-0.3, -0.25) is 19.5 Å². The molecule has 1 spiro atoms. The Morgan fingerprint density at radius 3 is 2.59 bits per heavy atom. The van der Waals surface area contributed by atoms with Gasteiger partial charge in [-0.05, 0) is 47.0 Å². The molecule has 2 amide bonds. The van der Waals surface area contributed by atoms with Crippen molar-refractivity contribution in [3.63, 3.8) is 0 Å². The SMILES string of the molecule is O=C(CCC(F)(F)F)CN1C(=O)C2(CCN(C(=O)c3cnc4[nH]ncc4c3)CC2)c2c1ccc(F)c2Br. The van der Waals surface area contributed by atoms with Gasteiger partial charge in [0.05, 0.1) is 34.6 Å². The Balaban J connectivity index is 1.39. The van der Waals surface area contributed by atoms with Crippen LogP contribution in [0.4, 0.5) is 23.2 Å². The molecule has 0 saturated carbocycles. The van der Waals surface area contributed by atoms with Crippen molar-refractivity contribution >= 4 is 50.2 Å². The Morgan fingerprint density at radius 1 is 1.16 bits per heavy atom. The molecule has 1 fully saturated rings. The van der Waals surface area contributed by atoms with E-state index in [0.29, 0.717) is 22.2 Å². The van der Waals surface area contributed by atoms with Crippen LogP contribution in [-0.4, -0.2) is 63.5 Å². The van der Waals surface area contributed by atoms with Crippen molar-refractivity contribution in [1.82, 2.24) is 20.1 Å². The summed E-state index contributed by atoms with van der Waals surface area (Å²) in [5, 5.41) is 7.27. The first kappa shape index (κ1) is 25.3. The van der Waals surface area contributed by atoms with Crippen molar-refractivity contribution in [2.24, 2.45) is 0 Å². The lowest BCUT2D eigenvalue weighted by molar-refractivity contribution is -0.142. The number of nitrogens with one attached hydrogen (secondary N) is 1. The number of ketones is 1. The predicted octanol–water partition coefficient (Wildman–Crippen LogP) is 4.29. The molecule has 5 rings (SSSR count). The third-order valence-electron chi connectivity index (χ3n) is 6.96. The number of aromatic nitrogens is 3. The van der Waals surface area contributed by atoms with Gasteiger partial charge in [-0.25, -0.2) is 9.37 Å². The molecule has 194 valence electrons. The highest BCUT2D eigenvalue weighted by molar-refractivity contribution is 9.10. The van der Waals surface area contributed by atoms with E-state index in [2.05, 4.69) is 31.1 Å². The van der Waals surface area contributed by atoms with Crippen molar-refractivity contribution in [1.29, 1.82) is 0 Å². The summed E-state index contributed by atoms with van der Waals surface area (Å²) in [7, 11) is 0. The number of anilines is 1. The zero-order chi connectivity index (χ0) is 26.5. The fraction of sp³-hybridized carbons (Fsp3) is 0.375. The van der Waals surface area contributed by atoms with Gasteiger partial charge in [0.2, 0.25) is 5.91 Å². The number of aromatic amines is 1. The number of piperidine rings is 1. The molecule has 1 N–H and O–H groups in total. The minimum absolute atomic E-state index is 0.0676. The predicted molar refractivity (Wildman–Crippen MR) is 127 cm³/mol. The second kappa shape index (κ2) is 9.19. The lowest BCUT2D eigenvalue weighted by Gasteiger charge is -2.38. The summed E-state index contributed by atoms with van der Waals surface area (Å²) >= 11 is 3.23. The lowest BCUT2D eigenvalue weighted by atomic mass is 9.73. The summed E-state index contributed by atoms with van der Waals surface area (Å²) in [6, 6.07) is 4.16. The first-order valence-corrected chi connectivity index (χ1v) is 12.3. The number of hydrogen-bond donors (Lipinski definition) is 1. The minimum atomic E-state index is -4.49. The molecule has 0 atom stereocenters. The fourth-order valence-corrected chi connectivity index (χ4v) is 5.80. The van der Waals surface area contributed by atoms with Crippen molar-refractivity contribution in [2.75, 3.05) is 24.5 Å². The van der Waals surface area contributed by atoms with Gasteiger partial charge in [-0.1, -0.05) is 0 Å². The topological polar surface area (TPSA) is 99.3 Å². The third kappa shape index (κ3) is 4.49. The summed E-state index contributed by atoms with van der Waals surface area (Å²) in [6.45, 7) is -0.195. The smallest absolute Gasteiger partial charge is 0.339 e. The number of hydrogen-bond acceptors (Lipinski definition) is 5. The molecule has 0 bridgehead atoms. The Labute approximate surface area is 216 Å². The lowest BCUT2D eigenvalue weighted by Crippen LogP contribution is -2.50. The number of carbonyl (C=O) groups is 3.